The molecule has 1 aliphatic rings. The van der Waals surface area contributed by atoms with Gasteiger partial charge >= 0.3 is 12.0 Å². The van der Waals surface area contributed by atoms with E-state index in [0.29, 0.717) is 18.8 Å². The number of ether oxygens (including phenoxy) is 1. The van der Waals surface area contributed by atoms with Crippen LogP contribution in [0, 0.1) is 5.82 Å². The number of nitrogens with one attached hydrogen (secondary N) is 3. The molecule has 1 atom stereocenters. The van der Waals surface area contributed by atoms with E-state index in [4.69, 9.17) is 4.74 Å². The SMILES string of the molecule is CCOC(=O)C(C)NC(=O)c1ccc(NC(=O)Nc2ccc3c(c2)CN(C(C)=O)C3)cc1F. The van der Waals surface area contributed by atoms with Crippen molar-refractivity contribution in [1.29, 1.82) is 0 Å². The summed E-state index contributed by atoms with van der Waals surface area (Å²) in [4.78, 5) is 49.4. The quantitative estimate of drug-likeness (QED) is 0.578. The van der Waals surface area contributed by atoms with E-state index >= 15 is 0 Å². The summed E-state index contributed by atoms with van der Waals surface area (Å²) >= 11 is 0. The molecular weight excluding hydrogens is 431 g/mol. The number of carbonyl (C=O) groups excluding carboxylic acids is 4. The number of fused-ring (bicyclic) bond motifs is 1. The van der Waals surface area contributed by atoms with Gasteiger partial charge in [0.25, 0.3) is 5.91 Å². The van der Waals surface area contributed by atoms with E-state index in [1.165, 1.54) is 26.0 Å². The Kier molecular flexibility index (Phi) is 7.27. The summed E-state index contributed by atoms with van der Waals surface area (Å²) in [6.07, 6.45) is 0. The highest BCUT2D eigenvalue weighted by molar-refractivity contribution is 6.01. The van der Waals surface area contributed by atoms with Crippen LogP contribution < -0.4 is 16.0 Å². The van der Waals surface area contributed by atoms with Crippen molar-refractivity contribution in [1.82, 2.24) is 10.2 Å². The molecule has 0 saturated heterocycles. The number of esters is 1. The van der Waals surface area contributed by atoms with E-state index in [1.54, 1.807) is 24.0 Å². The van der Waals surface area contributed by atoms with Crippen LogP contribution in [0.25, 0.3) is 0 Å². The Labute approximate surface area is 190 Å². The van der Waals surface area contributed by atoms with Crippen LogP contribution in [-0.2, 0) is 27.4 Å². The first kappa shape index (κ1) is 23.7. The molecule has 3 N–H and O–H groups in total. The molecule has 9 nitrogen and oxygen atoms in total. The summed E-state index contributed by atoms with van der Waals surface area (Å²) in [7, 11) is 0. The van der Waals surface area contributed by atoms with Gasteiger partial charge in [0.15, 0.2) is 0 Å². The molecule has 0 spiro atoms. The van der Waals surface area contributed by atoms with Crippen molar-refractivity contribution in [2.75, 3.05) is 17.2 Å². The summed E-state index contributed by atoms with van der Waals surface area (Å²) in [5.74, 6) is -2.28. The Hall–Kier alpha value is -3.95. The number of rotatable bonds is 6. The number of benzene rings is 2. The molecule has 1 aliphatic heterocycles. The highest BCUT2D eigenvalue weighted by atomic mass is 19.1. The first-order valence-corrected chi connectivity index (χ1v) is 10.4. The van der Waals surface area contributed by atoms with Gasteiger partial charge in [-0.2, -0.15) is 0 Å². The summed E-state index contributed by atoms with van der Waals surface area (Å²) < 4.78 is 19.3. The largest absolute Gasteiger partial charge is 0.464 e. The van der Waals surface area contributed by atoms with E-state index in [-0.39, 0.29) is 23.8 Å². The number of nitrogens with zero attached hydrogens (tertiary/aromatic N) is 1. The van der Waals surface area contributed by atoms with Crippen molar-refractivity contribution in [2.45, 2.75) is 39.9 Å². The third-order valence-electron chi connectivity index (χ3n) is 5.09. The fourth-order valence-corrected chi connectivity index (χ4v) is 3.37. The van der Waals surface area contributed by atoms with Gasteiger partial charge < -0.3 is 25.6 Å². The van der Waals surface area contributed by atoms with Gasteiger partial charge in [-0.25, -0.2) is 14.0 Å². The highest BCUT2D eigenvalue weighted by Gasteiger charge is 2.22. The molecule has 0 bridgehead atoms. The van der Waals surface area contributed by atoms with Crippen molar-refractivity contribution in [3.63, 3.8) is 0 Å². The summed E-state index contributed by atoms with van der Waals surface area (Å²) in [6, 6.07) is 7.43. The lowest BCUT2D eigenvalue weighted by molar-refractivity contribution is -0.144. The second-order valence-corrected chi connectivity index (χ2v) is 7.58. The summed E-state index contributed by atoms with van der Waals surface area (Å²) in [5.41, 5.74) is 2.36. The smallest absolute Gasteiger partial charge is 0.328 e. The molecule has 0 saturated carbocycles. The summed E-state index contributed by atoms with van der Waals surface area (Å²) in [5, 5.41) is 7.54. The van der Waals surface area contributed by atoms with Gasteiger partial charge in [-0.3, -0.25) is 9.59 Å². The van der Waals surface area contributed by atoms with E-state index < -0.39 is 29.8 Å². The van der Waals surface area contributed by atoms with Crippen molar-refractivity contribution < 1.29 is 28.3 Å². The van der Waals surface area contributed by atoms with Crippen molar-refractivity contribution in [3.8, 4) is 0 Å². The van der Waals surface area contributed by atoms with E-state index in [0.717, 1.165) is 17.2 Å². The van der Waals surface area contributed by atoms with Crippen LogP contribution in [0.1, 0.15) is 42.3 Å². The van der Waals surface area contributed by atoms with Crippen LogP contribution >= 0.6 is 0 Å². The molecule has 0 aromatic heterocycles. The van der Waals surface area contributed by atoms with Crippen LogP contribution in [0.2, 0.25) is 0 Å². The molecule has 4 amide bonds. The number of carbonyl (C=O) groups is 4. The number of halogens is 1. The maximum absolute atomic E-state index is 14.4. The molecule has 0 radical (unpaired) electrons. The second kappa shape index (κ2) is 10.1. The Bertz CT molecular complexity index is 1100. The van der Waals surface area contributed by atoms with Gasteiger partial charge in [-0.05, 0) is 55.3 Å². The molecule has 0 aliphatic carbocycles. The van der Waals surface area contributed by atoms with Crippen molar-refractivity contribution >= 4 is 35.2 Å². The van der Waals surface area contributed by atoms with Gasteiger partial charge in [0.05, 0.1) is 12.2 Å². The maximum Gasteiger partial charge on any atom is 0.328 e. The molecule has 2 aromatic rings. The molecule has 10 heteroatoms. The molecule has 1 unspecified atom stereocenters. The zero-order chi connectivity index (χ0) is 24.1. The Morgan fingerprint density at radius 2 is 1.67 bits per heavy atom. The molecular formula is C23H25FN4O5. The lowest BCUT2D eigenvalue weighted by Gasteiger charge is -2.13. The van der Waals surface area contributed by atoms with Gasteiger partial charge in [-0.1, -0.05) is 6.07 Å². The fraction of sp³-hybridized carbons (Fsp3) is 0.304. The van der Waals surface area contributed by atoms with E-state index in [1.807, 2.05) is 6.07 Å². The Balaban J connectivity index is 1.59. The molecule has 3 rings (SSSR count). The zero-order valence-electron chi connectivity index (χ0n) is 18.5. The van der Waals surface area contributed by atoms with E-state index in [9.17, 15) is 23.6 Å². The van der Waals surface area contributed by atoms with Gasteiger partial charge in [0.1, 0.15) is 11.9 Å². The van der Waals surface area contributed by atoms with E-state index in [2.05, 4.69) is 16.0 Å². The minimum absolute atomic E-state index is 0.0204. The predicted molar refractivity (Wildman–Crippen MR) is 119 cm³/mol. The van der Waals surface area contributed by atoms with Gasteiger partial charge in [-0.15, -0.1) is 0 Å². The van der Waals surface area contributed by atoms with Crippen LogP contribution in [0.15, 0.2) is 36.4 Å². The first-order chi connectivity index (χ1) is 15.7. The Morgan fingerprint density at radius 1 is 1.03 bits per heavy atom. The molecule has 0 fully saturated rings. The van der Waals surface area contributed by atoms with Crippen molar-refractivity contribution in [3.05, 3.63) is 58.9 Å². The number of hydrogen-bond acceptors (Lipinski definition) is 5. The molecule has 1 heterocycles. The monoisotopic (exact) mass is 456 g/mol. The van der Waals surface area contributed by atoms with Crippen LogP contribution in [0.3, 0.4) is 0 Å². The molecule has 2 aromatic carbocycles. The van der Waals surface area contributed by atoms with Crippen LogP contribution in [0.4, 0.5) is 20.6 Å². The molecule has 33 heavy (non-hydrogen) atoms. The number of urea groups is 1. The third kappa shape index (κ3) is 5.85. The summed E-state index contributed by atoms with van der Waals surface area (Å²) in [6.45, 7) is 5.76. The maximum atomic E-state index is 14.4. The first-order valence-electron chi connectivity index (χ1n) is 10.4. The van der Waals surface area contributed by atoms with Crippen LogP contribution in [0.5, 0.6) is 0 Å². The third-order valence-corrected chi connectivity index (χ3v) is 5.09. The fourth-order valence-electron chi connectivity index (χ4n) is 3.37. The minimum Gasteiger partial charge on any atom is -0.464 e. The molecule has 174 valence electrons. The second-order valence-electron chi connectivity index (χ2n) is 7.58. The Morgan fingerprint density at radius 3 is 2.30 bits per heavy atom. The predicted octanol–water partition coefficient (Wildman–Crippen LogP) is 3.01. The normalized spacial score (nSPS) is 13.0. The minimum atomic E-state index is -0.935. The topological polar surface area (TPSA) is 117 Å². The average molecular weight is 456 g/mol. The lowest BCUT2D eigenvalue weighted by atomic mass is 10.1. The number of amides is 4. The highest BCUT2D eigenvalue weighted by Crippen LogP contribution is 2.26. The lowest BCUT2D eigenvalue weighted by Crippen LogP contribution is -2.39. The number of anilines is 2. The number of hydrogen-bond donors (Lipinski definition) is 3. The van der Waals surface area contributed by atoms with Gasteiger partial charge in [0, 0.05) is 31.4 Å². The van der Waals surface area contributed by atoms with Gasteiger partial charge in [0.2, 0.25) is 5.91 Å². The average Bonchev–Trinajstić information content (AvgIpc) is 3.17. The standard InChI is InChI=1S/C23H25FN4O5/c1-4-33-22(31)13(2)25-21(30)19-8-7-18(10-20(19)24)27-23(32)26-17-6-5-15-11-28(14(3)29)12-16(15)9-17/h5-10,13H,4,11-12H2,1-3H3,(H,25,30)(H2,26,27,32). The van der Waals surface area contributed by atoms with Crippen LogP contribution in [-0.4, -0.2) is 41.4 Å². The zero-order valence-corrected chi connectivity index (χ0v) is 18.5. The van der Waals surface area contributed by atoms with Crippen molar-refractivity contribution in [2.24, 2.45) is 0 Å².